The molecule has 1 aliphatic rings. The highest BCUT2D eigenvalue weighted by Crippen LogP contribution is 2.18. The second kappa shape index (κ2) is 8.53. The van der Waals surface area contributed by atoms with Crippen LogP contribution in [0.15, 0.2) is 29.4 Å². The average Bonchev–Trinajstić information content (AvgIpc) is 2.78. The zero-order valence-corrected chi connectivity index (χ0v) is 15.2. The Morgan fingerprint density at radius 2 is 2.24 bits per heavy atom. The molecule has 7 nitrogen and oxygen atoms in total. The third-order valence-electron chi connectivity index (χ3n) is 4.23. The van der Waals surface area contributed by atoms with E-state index in [1.54, 1.807) is 12.1 Å². The van der Waals surface area contributed by atoms with Crippen molar-refractivity contribution in [1.29, 1.82) is 0 Å². The lowest BCUT2D eigenvalue weighted by Gasteiger charge is -2.19. The maximum absolute atomic E-state index is 12.6. The Bertz CT molecular complexity index is 706. The number of carbonyl (C=O) groups is 2. The number of carbonyl (C=O) groups excluding carboxylic acids is 2. The number of Topliss-reactive ketones (excluding diaryl/α,β-unsaturated/α-hetero) is 1. The molecule has 8 heteroatoms. The molecule has 0 aromatic carbocycles. The molecule has 0 spiro atoms. The molecule has 2 atom stereocenters. The monoisotopic (exact) mass is 366 g/mol. The fourth-order valence-electron chi connectivity index (χ4n) is 2.66. The fourth-order valence-corrected chi connectivity index (χ4v) is 4.03. The molecule has 1 radical (unpaired) electrons. The predicted octanol–water partition coefficient (Wildman–Crippen LogP) is 1.17. The Hall–Kier alpha value is -1.80. The topological polar surface area (TPSA) is 96.4 Å². The number of nitrogens with zero attached hydrogens (tertiary/aromatic N) is 2. The summed E-state index contributed by atoms with van der Waals surface area (Å²) in [5.41, 5.74) is 0. The number of rotatable bonds is 6. The van der Waals surface area contributed by atoms with Crippen molar-refractivity contribution in [2.24, 2.45) is 5.92 Å². The van der Waals surface area contributed by atoms with Gasteiger partial charge in [-0.2, -0.15) is 4.31 Å². The van der Waals surface area contributed by atoms with E-state index >= 15 is 0 Å². The van der Waals surface area contributed by atoms with Gasteiger partial charge in [0.2, 0.25) is 5.91 Å². The number of ketones is 1. The SMILES string of the molecule is [CH2]C[C@H](C)CC(=O)NC1CCCN(S(=O)(=O)c2ccccn2)CC1=O. The lowest BCUT2D eigenvalue weighted by atomic mass is 10.0. The standard InChI is InChI=1S/C17H24N3O4S/c1-3-13(2)11-16(22)19-14-7-6-10-20(12-15(14)21)25(23,24)17-8-4-5-9-18-17/h4-5,8-9,13-14H,1,3,6-7,10-12H2,2H3,(H,19,22)/t13-,14?/m0/s1. The van der Waals surface area contributed by atoms with Crippen LogP contribution in [-0.2, 0) is 19.6 Å². The molecule has 0 saturated carbocycles. The van der Waals surface area contributed by atoms with E-state index in [9.17, 15) is 18.0 Å². The van der Waals surface area contributed by atoms with E-state index in [0.717, 1.165) is 4.31 Å². The van der Waals surface area contributed by atoms with Crippen molar-refractivity contribution >= 4 is 21.7 Å². The van der Waals surface area contributed by atoms with Crippen LogP contribution >= 0.6 is 0 Å². The van der Waals surface area contributed by atoms with Gasteiger partial charge >= 0.3 is 0 Å². The van der Waals surface area contributed by atoms with Crippen LogP contribution in [-0.4, -0.2) is 48.5 Å². The maximum Gasteiger partial charge on any atom is 0.260 e. The highest BCUT2D eigenvalue weighted by molar-refractivity contribution is 7.89. The van der Waals surface area contributed by atoms with Crippen LogP contribution < -0.4 is 5.32 Å². The molecular weight excluding hydrogens is 342 g/mol. The Labute approximate surface area is 148 Å². The first kappa shape index (κ1) is 19.5. The van der Waals surface area contributed by atoms with Gasteiger partial charge in [0.05, 0.1) is 12.6 Å². The number of pyridine rings is 1. The number of nitrogens with one attached hydrogen (secondary N) is 1. The summed E-state index contributed by atoms with van der Waals surface area (Å²) in [7, 11) is -3.81. The average molecular weight is 366 g/mol. The molecule has 1 unspecified atom stereocenters. The first-order valence-corrected chi connectivity index (χ1v) is 9.81. The van der Waals surface area contributed by atoms with E-state index in [1.165, 1.54) is 12.3 Å². The molecular formula is C17H24N3O4S. The maximum atomic E-state index is 12.6. The van der Waals surface area contributed by atoms with E-state index < -0.39 is 16.1 Å². The summed E-state index contributed by atoms with van der Waals surface area (Å²) in [6, 6.07) is 3.98. The normalized spacial score (nSPS) is 20.7. The third-order valence-corrected chi connectivity index (χ3v) is 5.99. The summed E-state index contributed by atoms with van der Waals surface area (Å²) in [5, 5.41) is 2.66. The van der Waals surface area contributed by atoms with Gasteiger partial charge in [0.25, 0.3) is 10.0 Å². The van der Waals surface area contributed by atoms with Crippen LogP contribution in [0.25, 0.3) is 0 Å². The number of sulfonamides is 1. The zero-order valence-electron chi connectivity index (χ0n) is 14.3. The van der Waals surface area contributed by atoms with Crippen molar-refractivity contribution in [3.8, 4) is 0 Å². The summed E-state index contributed by atoms with van der Waals surface area (Å²) < 4.78 is 26.4. The van der Waals surface area contributed by atoms with Crippen LogP contribution in [0.1, 0.15) is 32.6 Å². The van der Waals surface area contributed by atoms with Crippen LogP contribution in [0.3, 0.4) is 0 Å². The lowest BCUT2D eigenvalue weighted by Crippen LogP contribution is -2.44. The lowest BCUT2D eigenvalue weighted by molar-refractivity contribution is -0.128. The Morgan fingerprint density at radius 3 is 2.88 bits per heavy atom. The first-order valence-electron chi connectivity index (χ1n) is 8.37. The van der Waals surface area contributed by atoms with Gasteiger partial charge < -0.3 is 5.32 Å². The highest BCUT2D eigenvalue weighted by atomic mass is 32.2. The summed E-state index contributed by atoms with van der Waals surface area (Å²) in [6.45, 7) is 5.65. The minimum Gasteiger partial charge on any atom is -0.346 e. The van der Waals surface area contributed by atoms with E-state index in [1.807, 2.05) is 6.92 Å². The second-order valence-corrected chi connectivity index (χ2v) is 8.22. The fraction of sp³-hybridized carbons (Fsp3) is 0.529. The predicted molar refractivity (Wildman–Crippen MR) is 92.9 cm³/mol. The molecule has 1 amide bonds. The van der Waals surface area contributed by atoms with Crippen molar-refractivity contribution in [3.05, 3.63) is 31.3 Å². The van der Waals surface area contributed by atoms with E-state index in [2.05, 4.69) is 17.2 Å². The second-order valence-electron chi connectivity index (χ2n) is 6.33. The molecule has 0 bridgehead atoms. The van der Waals surface area contributed by atoms with Gasteiger partial charge in [0, 0.05) is 19.2 Å². The molecule has 0 aliphatic carbocycles. The van der Waals surface area contributed by atoms with Crippen molar-refractivity contribution < 1.29 is 18.0 Å². The van der Waals surface area contributed by atoms with Gasteiger partial charge in [-0.05, 0) is 30.9 Å². The van der Waals surface area contributed by atoms with Crippen molar-refractivity contribution in [1.82, 2.24) is 14.6 Å². The van der Waals surface area contributed by atoms with Crippen LogP contribution in [0, 0.1) is 12.8 Å². The molecule has 2 heterocycles. The van der Waals surface area contributed by atoms with Crippen LogP contribution in [0.2, 0.25) is 0 Å². The quantitative estimate of drug-likeness (QED) is 0.815. The minimum atomic E-state index is -3.81. The zero-order chi connectivity index (χ0) is 18.4. The highest BCUT2D eigenvalue weighted by Gasteiger charge is 2.33. The van der Waals surface area contributed by atoms with Gasteiger partial charge in [-0.3, -0.25) is 9.59 Å². The Balaban J connectivity index is 2.05. The molecule has 2 rings (SSSR count). The van der Waals surface area contributed by atoms with E-state index in [-0.39, 0.29) is 35.7 Å². The molecule has 1 N–H and O–H groups in total. The molecule has 1 aliphatic heterocycles. The van der Waals surface area contributed by atoms with Crippen LogP contribution in [0.4, 0.5) is 0 Å². The van der Waals surface area contributed by atoms with Crippen molar-refractivity contribution in [2.75, 3.05) is 13.1 Å². The van der Waals surface area contributed by atoms with Gasteiger partial charge in [0.15, 0.2) is 10.8 Å². The van der Waals surface area contributed by atoms with Gasteiger partial charge in [-0.15, -0.1) is 0 Å². The molecule has 137 valence electrons. The summed E-state index contributed by atoms with van der Waals surface area (Å²) >= 11 is 0. The molecule has 1 aromatic rings. The Morgan fingerprint density at radius 1 is 1.48 bits per heavy atom. The number of amides is 1. The first-order chi connectivity index (χ1) is 11.8. The van der Waals surface area contributed by atoms with Gasteiger partial charge in [-0.25, -0.2) is 13.4 Å². The summed E-state index contributed by atoms with van der Waals surface area (Å²) in [4.78, 5) is 28.3. The smallest absolute Gasteiger partial charge is 0.260 e. The molecule has 25 heavy (non-hydrogen) atoms. The van der Waals surface area contributed by atoms with Crippen molar-refractivity contribution in [3.63, 3.8) is 0 Å². The van der Waals surface area contributed by atoms with E-state index in [0.29, 0.717) is 25.7 Å². The number of hydrogen-bond acceptors (Lipinski definition) is 5. The molecule has 1 saturated heterocycles. The Kier molecular flexibility index (Phi) is 6.66. The number of hydrogen-bond donors (Lipinski definition) is 1. The number of aromatic nitrogens is 1. The van der Waals surface area contributed by atoms with Crippen molar-refractivity contribution in [2.45, 2.75) is 43.7 Å². The van der Waals surface area contributed by atoms with Gasteiger partial charge in [-0.1, -0.05) is 26.3 Å². The van der Waals surface area contributed by atoms with Gasteiger partial charge in [0.1, 0.15) is 0 Å². The van der Waals surface area contributed by atoms with Crippen LogP contribution in [0.5, 0.6) is 0 Å². The molecule has 1 fully saturated rings. The molecule has 1 aromatic heterocycles. The summed E-state index contributed by atoms with van der Waals surface area (Å²) in [5.74, 6) is -0.356. The minimum absolute atomic E-state index is 0.0745. The van der Waals surface area contributed by atoms with E-state index in [4.69, 9.17) is 0 Å². The summed E-state index contributed by atoms with van der Waals surface area (Å²) in [6.07, 6.45) is 3.27. The third kappa shape index (κ3) is 5.09. The largest absolute Gasteiger partial charge is 0.346 e.